The van der Waals surface area contributed by atoms with Gasteiger partial charge in [0.25, 0.3) is 11.5 Å². The summed E-state index contributed by atoms with van der Waals surface area (Å²) in [6, 6.07) is 16.9. The molecule has 1 heterocycles. The number of nitrogens with zero attached hydrogens (tertiary/aromatic N) is 1. The molecule has 3 rings (SSSR count). The van der Waals surface area contributed by atoms with E-state index in [1.807, 2.05) is 37.3 Å². The van der Waals surface area contributed by atoms with Gasteiger partial charge in [-0.3, -0.25) is 9.59 Å². The van der Waals surface area contributed by atoms with Crippen LogP contribution in [0.5, 0.6) is 0 Å². The summed E-state index contributed by atoms with van der Waals surface area (Å²) in [5.41, 5.74) is 1.04. The monoisotopic (exact) mass is 351 g/mol. The normalized spacial score (nSPS) is 12.0. The van der Waals surface area contributed by atoms with Gasteiger partial charge in [0.05, 0.1) is 11.5 Å². The van der Waals surface area contributed by atoms with Gasteiger partial charge in [-0.05, 0) is 25.0 Å². The number of carbonyl (C=O) groups excluding carboxylic acids is 1. The van der Waals surface area contributed by atoms with Crippen LogP contribution in [-0.4, -0.2) is 29.3 Å². The zero-order valence-electron chi connectivity index (χ0n) is 14.6. The van der Waals surface area contributed by atoms with Crippen molar-refractivity contribution in [1.82, 2.24) is 15.5 Å². The van der Waals surface area contributed by atoms with Crippen LogP contribution in [0.4, 0.5) is 0 Å². The minimum absolute atomic E-state index is 0.0108. The minimum Gasteiger partial charge on any atom is -0.374 e. The second-order valence-electron chi connectivity index (χ2n) is 5.98. The Kier molecular flexibility index (Phi) is 5.76. The molecule has 0 saturated heterocycles. The fourth-order valence-electron chi connectivity index (χ4n) is 2.73. The second kappa shape index (κ2) is 8.40. The number of carbonyl (C=O) groups is 1. The predicted molar refractivity (Wildman–Crippen MR) is 100 cm³/mol. The SMILES string of the molecule is CC(OCCCNC(=O)c1n[nH]c(=O)c2ccccc12)c1ccccc1. The molecule has 134 valence electrons. The van der Waals surface area contributed by atoms with Crippen molar-refractivity contribution in [1.29, 1.82) is 0 Å². The number of fused-ring (bicyclic) bond motifs is 1. The molecule has 1 aromatic heterocycles. The van der Waals surface area contributed by atoms with Crippen molar-refractivity contribution in [3.05, 3.63) is 76.2 Å². The summed E-state index contributed by atoms with van der Waals surface area (Å²) in [4.78, 5) is 24.1. The van der Waals surface area contributed by atoms with E-state index in [-0.39, 0.29) is 23.3 Å². The highest BCUT2D eigenvalue weighted by Gasteiger charge is 2.13. The summed E-state index contributed by atoms with van der Waals surface area (Å²) in [6.45, 7) is 3.01. The van der Waals surface area contributed by atoms with Gasteiger partial charge < -0.3 is 10.1 Å². The van der Waals surface area contributed by atoms with E-state index in [1.54, 1.807) is 24.3 Å². The molecule has 0 bridgehead atoms. The average molecular weight is 351 g/mol. The number of hydrogen-bond donors (Lipinski definition) is 2. The zero-order valence-corrected chi connectivity index (χ0v) is 14.6. The molecule has 0 radical (unpaired) electrons. The molecule has 3 aromatic rings. The van der Waals surface area contributed by atoms with Crippen molar-refractivity contribution < 1.29 is 9.53 Å². The number of rotatable bonds is 7. The molecular weight excluding hydrogens is 330 g/mol. The van der Waals surface area contributed by atoms with Gasteiger partial charge in [0.2, 0.25) is 0 Å². The van der Waals surface area contributed by atoms with Crippen molar-refractivity contribution >= 4 is 16.7 Å². The summed E-state index contributed by atoms with van der Waals surface area (Å²) in [5, 5.41) is 10.1. The lowest BCUT2D eigenvalue weighted by Crippen LogP contribution is -2.28. The third-order valence-electron chi connectivity index (χ3n) is 4.15. The Hall–Kier alpha value is -2.99. The van der Waals surface area contributed by atoms with Crippen LogP contribution in [0.3, 0.4) is 0 Å². The Bertz CT molecular complexity index is 938. The summed E-state index contributed by atoms with van der Waals surface area (Å²) in [6.07, 6.45) is 0.696. The first-order chi connectivity index (χ1) is 12.7. The fraction of sp³-hybridized carbons (Fsp3) is 0.250. The smallest absolute Gasteiger partial charge is 0.272 e. The van der Waals surface area contributed by atoms with E-state index in [1.165, 1.54) is 0 Å². The molecule has 6 heteroatoms. The molecule has 2 N–H and O–H groups in total. The van der Waals surface area contributed by atoms with E-state index < -0.39 is 0 Å². The molecule has 26 heavy (non-hydrogen) atoms. The Morgan fingerprint density at radius 2 is 1.81 bits per heavy atom. The Labute approximate surface area is 151 Å². The maximum atomic E-state index is 12.4. The number of hydrogen-bond acceptors (Lipinski definition) is 4. The molecule has 0 aliphatic heterocycles. The average Bonchev–Trinajstić information content (AvgIpc) is 2.68. The Balaban J connectivity index is 1.51. The van der Waals surface area contributed by atoms with Crippen LogP contribution in [-0.2, 0) is 4.74 Å². The molecule has 0 saturated carbocycles. The summed E-state index contributed by atoms with van der Waals surface area (Å²) in [7, 11) is 0. The van der Waals surface area contributed by atoms with Crippen LogP contribution in [0.15, 0.2) is 59.4 Å². The minimum atomic E-state index is -0.312. The van der Waals surface area contributed by atoms with Crippen LogP contribution in [0.1, 0.15) is 35.5 Å². The zero-order chi connectivity index (χ0) is 18.4. The molecule has 1 unspecified atom stereocenters. The standard InChI is InChI=1S/C20H21N3O3/c1-14(15-8-3-2-4-9-15)26-13-7-12-21-20(25)18-16-10-5-6-11-17(16)19(24)23-22-18/h2-6,8-11,14H,7,12-13H2,1H3,(H,21,25)(H,23,24). The first kappa shape index (κ1) is 17.8. The van der Waals surface area contributed by atoms with Gasteiger partial charge in [0.1, 0.15) is 0 Å². The predicted octanol–water partition coefficient (Wildman–Crippen LogP) is 2.82. The number of benzene rings is 2. The molecular formula is C20H21N3O3. The molecule has 2 aromatic carbocycles. The van der Waals surface area contributed by atoms with Gasteiger partial charge in [-0.15, -0.1) is 0 Å². The van der Waals surface area contributed by atoms with E-state index in [2.05, 4.69) is 15.5 Å². The first-order valence-electron chi connectivity index (χ1n) is 8.59. The van der Waals surface area contributed by atoms with E-state index in [0.29, 0.717) is 30.3 Å². The highest BCUT2D eigenvalue weighted by atomic mass is 16.5. The second-order valence-corrected chi connectivity index (χ2v) is 5.98. The third kappa shape index (κ3) is 4.15. The molecule has 0 fully saturated rings. The quantitative estimate of drug-likeness (QED) is 0.641. The van der Waals surface area contributed by atoms with E-state index in [4.69, 9.17) is 4.74 Å². The van der Waals surface area contributed by atoms with Gasteiger partial charge >= 0.3 is 0 Å². The molecule has 0 aliphatic rings. The Morgan fingerprint density at radius 3 is 2.58 bits per heavy atom. The van der Waals surface area contributed by atoms with Crippen molar-refractivity contribution in [3.63, 3.8) is 0 Å². The molecule has 6 nitrogen and oxygen atoms in total. The van der Waals surface area contributed by atoms with E-state index in [9.17, 15) is 9.59 Å². The van der Waals surface area contributed by atoms with Crippen molar-refractivity contribution in [3.8, 4) is 0 Å². The lowest BCUT2D eigenvalue weighted by molar-refractivity contribution is 0.0634. The topological polar surface area (TPSA) is 84.1 Å². The highest BCUT2D eigenvalue weighted by molar-refractivity contribution is 6.04. The van der Waals surface area contributed by atoms with Gasteiger partial charge in [0, 0.05) is 18.5 Å². The van der Waals surface area contributed by atoms with Crippen LogP contribution in [0.25, 0.3) is 10.8 Å². The molecule has 1 amide bonds. The molecule has 0 aliphatic carbocycles. The number of ether oxygens (including phenoxy) is 1. The number of nitrogens with one attached hydrogen (secondary N) is 2. The molecule has 1 atom stereocenters. The highest BCUT2D eigenvalue weighted by Crippen LogP contribution is 2.16. The van der Waals surface area contributed by atoms with Crippen molar-refractivity contribution in [2.24, 2.45) is 0 Å². The number of H-pyrrole nitrogens is 1. The maximum absolute atomic E-state index is 12.4. The largest absolute Gasteiger partial charge is 0.374 e. The Morgan fingerprint density at radius 1 is 1.12 bits per heavy atom. The number of aromatic nitrogens is 2. The van der Waals surface area contributed by atoms with Crippen LogP contribution in [0, 0.1) is 0 Å². The van der Waals surface area contributed by atoms with Crippen LogP contribution in [0.2, 0.25) is 0 Å². The lowest BCUT2D eigenvalue weighted by atomic mass is 10.1. The number of aromatic amines is 1. The third-order valence-corrected chi connectivity index (χ3v) is 4.15. The van der Waals surface area contributed by atoms with Crippen molar-refractivity contribution in [2.45, 2.75) is 19.4 Å². The van der Waals surface area contributed by atoms with Crippen LogP contribution < -0.4 is 10.9 Å². The van der Waals surface area contributed by atoms with Crippen LogP contribution >= 0.6 is 0 Å². The fourth-order valence-corrected chi connectivity index (χ4v) is 2.73. The van der Waals surface area contributed by atoms with Gasteiger partial charge in [0.15, 0.2) is 5.69 Å². The summed E-state index contributed by atoms with van der Waals surface area (Å²) in [5.74, 6) is -0.312. The van der Waals surface area contributed by atoms with Gasteiger partial charge in [-0.1, -0.05) is 48.5 Å². The summed E-state index contributed by atoms with van der Waals surface area (Å²) < 4.78 is 5.79. The van der Waals surface area contributed by atoms with Gasteiger partial charge in [-0.25, -0.2) is 5.10 Å². The van der Waals surface area contributed by atoms with E-state index in [0.717, 1.165) is 5.56 Å². The van der Waals surface area contributed by atoms with E-state index >= 15 is 0 Å². The maximum Gasteiger partial charge on any atom is 0.272 e. The summed E-state index contributed by atoms with van der Waals surface area (Å²) >= 11 is 0. The molecule has 0 spiro atoms. The lowest BCUT2D eigenvalue weighted by Gasteiger charge is -2.13. The van der Waals surface area contributed by atoms with Gasteiger partial charge in [-0.2, -0.15) is 5.10 Å². The number of amides is 1. The first-order valence-corrected chi connectivity index (χ1v) is 8.59. The van der Waals surface area contributed by atoms with Crippen molar-refractivity contribution in [2.75, 3.05) is 13.2 Å².